The molecule has 0 unspecified atom stereocenters. The number of hydrogen-bond donors (Lipinski definition) is 0. The van der Waals surface area contributed by atoms with Crippen molar-refractivity contribution in [1.29, 1.82) is 0 Å². The van der Waals surface area contributed by atoms with E-state index in [4.69, 9.17) is 0 Å². The van der Waals surface area contributed by atoms with Crippen molar-refractivity contribution in [2.45, 2.75) is 26.3 Å². The van der Waals surface area contributed by atoms with Crippen LogP contribution < -0.4 is 0 Å². The van der Waals surface area contributed by atoms with Crippen molar-refractivity contribution in [3.8, 4) is 0 Å². The minimum Gasteiger partial charge on any atom is -0.294 e. The van der Waals surface area contributed by atoms with Crippen molar-refractivity contribution in [2.24, 2.45) is 0 Å². The third-order valence-electron chi connectivity index (χ3n) is 2.62. The summed E-state index contributed by atoms with van der Waals surface area (Å²) in [5.41, 5.74) is 0.716. The molecule has 0 N–H and O–H groups in total. The molecule has 18 heavy (non-hydrogen) atoms. The molecule has 0 radical (unpaired) electrons. The SMILES string of the molecule is CC(C)n1ncnc1CC(=O)c1ccc(I)cc1. The number of carbonyl (C=O) groups is 1. The molecule has 0 bridgehead atoms. The van der Waals surface area contributed by atoms with Crippen molar-refractivity contribution in [1.82, 2.24) is 14.8 Å². The van der Waals surface area contributed by atoms with Gasteiger partial charge in [0.1, 0.15) is 12.2 Å². The highest BCUT2D eigenvalue weighted by atomic mass is 127. The molecule has 0 fully saturated rings. The predicted octanol–water partition coefficient (Wildman–Crippen LogP) is 2.89. The van der Waals surface area contributed by atoms with E-state index < -0.39 is 0 Å². The molecule has 0 spiro atoms. The maximum atomic E-state index is 12.1. The summed E-state index contributed by atoms with van der Waals surface area (Å²) in [7, 11) is 0. The Morgan fingerprint density at radius 2 is 2.00 bits per heavy atom. The van der Waals surface area contributed by atoms with Crippen molar-refractivity contribution in [2.75, 3.05) is 0 Å². The van der Waals surface area contributed by atoms with Gasteiger partial charge < -0.3 is 0 Å². The summed E-state index contributed by atoms with van der Waals surface area (Å²) >= 11 is 2.22. The fraction of sp³-hybridized carbons (Fsp3) is 0.308. The summed E-state index contributed by atoms with van der Waals surface area (Å²) < 4.78 is 2.90. The Morgan fingerprint density at radius 1 is 1.33 bits per heavy atom. The lowest BCUT2D eigenvalue weighted by Crippen LogP contribution is -2.13. The fourth-order valence-corrected chi connectivity index (χ4v) is 2.07. The van der Waals surface area contributed by atoms with E-state index in [0.717, 1.165) is 3.57 Å². The molecule has 0 saturated carbocycles. The number of nitrogens with zero attached hydrogens (tertiary/aromatic N) is 3. The van der Waals surface area contributed by atoms with Gasteiger partial charge in [0.05, 0.1) is 6.42 Å². The summed E-state index contributed by atoms with van der Waals surface area (Å²) in [6, 6.07) is 7.77. The van der Waals surface area contributed by atoms with E-state index in [1.165, 1.54) is 6.33 Å². The Hall–Kier alpha value is -1.24. The zero-order valence-corrected chi connectivity index (χ0v) is 12.5. The summed E-state index contributed by atoms with van der Waals surface area (Å²) in [6.45, 7) is 4.04. The standard InChI is InChI=1S/C13H14IN3O/c1-9(2)17-13(15-8-16-17)7-12(18)10-3-5-11(14)6-4-10/h3-6,8-9H,7H2,1-2H3. The maximum Gasteiger partial charge on any atom is 0.170 e. The second-order valence-electron chi connectivity index (χ2n) is 4.32. The molecule has 0 saturated heterocycles. The lowest BCUT2D eigenvalue weighted by molar-refractivity contribution is 0.0989. The van der Waals surface area contributed by atoms with Crippen LogP contribution >= 0.6 is 22.6 Å². The summed E-state index contributed by atoms with van der Waals surface area (Å²) in [4.78, 5) is 16.3. The van der Waals surface area contributed by atoms with Crippen molar-refractivity contribution in [3.63, 3.8) is 0 Å². The van der Waals surface area contributed by atoms with E-state index >= 15 is 0 Å². The van der Waals surface area contributed by atoms with Crippen molar-refractivity contribution in [3.05, 3.63) is 45.6 Å². The van der Waals surface area contributed by atoms with E-state index in [0.29, 0.717) is 17.8 Å². The Kier molecular flexibility index (Phi) is 4.11. The summed E-state index contributed by atoms with van der Waals surface area (Å²) in [5.74, 6) is 0.787. The third kappa shape index (κ3) is 2.95. The number of ketones is 1. The molecule has 94 valence electrons. The molecule has 2 aromatic rings. The first-order valence-corrected chi connectivity index (χ1v) is 6.83. The number of Topliss-reactive ketones (excluding diaryl/α,β-unsaturated/α-hetero) is 1. The molecule has 2 rings (SSSR count). The largest absolute Gasteiger partial charge is 0.294 e. The van der Waals surface area contributed by atoms with E-state index in [2.05, 4.69) is 32.7 Å². The third-order valence-corrected chi connectivity index (χ3v) is 3.34. The smallest absolute Gasteiger partial charge is 0.170 e. The number of aromatic nitrogens is 3. The van der Waals surface area contributed by atoms with Gasteiger partial charge in [-0.1, -0.05) is 12.1 Å². The molecule has 1 heterocycles. The highest BCUT2D eigenvalue weighted by Crippen LogP contribution is 2.11. The maximum absolute atomic E-state index is 12.1. The highest BCUT2D eigenvalue weighted by molar-refractivity contribution is 14.1. The van der Waals surface area contributed by atoms with E-state index in [-0.39, 0.29) is 11.8 Å². The molecule has 0 aliphatic carbocycles. The van der Waals surface area contributed by atoms with Crippen molar-refractivity contribution < 1.29 is 4.79 Å². The van der Waals surface area contributed by atoms with Gasteiger partial charge in [0.2, 0.25) is 0 Å². The van der Waals surface area contributed by atoms with Crippen LogP contribution in [-0.4, -0.2) is 20.5 Å². The van der Waals surface area contributed by atoms with Gasteiger partial charge in [0, 0.05) is 15.2 Å². The molecule has 4 nitrogen and oxygen atoms in total. The van der Waals surface area contributed by atoms with Crippen LogP contribution in [0.2, 0.25) is 0 Å². The molecule has 0 aliphatic rings. The minimum atomic E-state index is 0.0706. The monoisotopic (exact) mass is 355 g/mol. The average Bonchev–Trinajstić information content (AvgIpc) is 2.78. The van der Waals surface area contributed by atoms with Gasteiger partial charge in [-0.15, -0.1) is 0 Å². The second-order valence-corrected chi connectivity index (χ2v) is 5.57. The molecule has 5 heteroatoms. The Bertz CT molecular complexity index is 546. The van der Waals surface area contributed by atoms with Crippen LogP contribution in [0.25, 0.3) is 0 Å². The predicted molar refractivity (Wildman–Crippen MR) is 77.6 cm³/mol. The van der Waals surface area contributed by atoms with Crippen LogP contribution in [0.3, 0.4) is 0 Å². The Labute approximate surface area is 120 Å². The molecule has 1 aromatic carbocycles. The topological polar surface area (TPSA) is 47.8 Å². The van der Waals surface area contributed by atoms with Crippen LogP contribution in [0.4, 0.5) is 0 Å². The Morgan fingerprint density at radius 3 is 2.61 bits per heavy atom. The lowest BCUT2D eigenvalue weighted by Gasteiger charge is -2.08. The fourth-order valence-electron chi connectivity index (χ4n) is 1.71. The van der Waals surface area contributed by atoms with E-state index in [9.17, 15) is 4.79 Å². The summed E-state index contributed by atoms with van der Waals surface area (Å²) in [5, 5.41) is 4.13. The Balaban J connectivity index is 2.16. The molecule has 0 atom stereocenters. The number of rotatable bonds is 4. The van der Waals surface area contributed by atoms with Crippen LogP contribution in [0.5, 0.6) is 0 Å². The van der Waals surface area contributed by atoms with Gasteiger partial charge in [-0.05, 0) is 48.6 Å². The molecular formula is C13H14IN3O. The van der Waals surface area contributed by atoms with Gasteiger partial charge in [-0.3, -0.25) is 4.79 Å². The van der Waals surface area contributed by atoms with Crippen LogP contribution in [0.15, 0.2) is 30.6 Å². The quantitative estimate of drug-likeness (QED) is 0.626. The molecule has 0 aliphatic heterocycles. The number of carbonyl (C=O) groups excluding carboxylic acids is 1. The normalized spacial score (nSPS) is 10.9. The number of halogens is 1. The zero-order chi connectivity index (χ0) is 13.1. The van der Waals surface area contributed by atoms with Crippen LogP contribution in [0.1, 0.15) is 36.1 Å². The summed E-state index contributed by atoms with van der Waals surface area (Å²) in [6.07, 6.45) is 1.79. The zero-order valence-electron chi connectivity index (χ0n) is 10.3. The van der Waals surface area contributed by atoms with Crippen molar-refractivity contribution >= 4 is 28.4 Å². The van der Waals surface area contributed by atoms with Crippen LogP contribution in [-0.2, 0) is 6.42 Å². The van der Waals surface area contributed by atoms with E-state index in [1.807, 2.05) is 38.1 Å². The number of hydrogen-bond acceptors (Lipinski definition) is 3. The second kappa shape index (κ2) is 5.60. The minimum absolute atomic E-state index is 0.0706. The lowest BCUT2D eigenvalue weighted by atomic mass is 10.1. The molecular weight excluding hydrogens is 341 g/mol. The van der Waals surface area contributed by atoms with E-state index in [1.54, 1.807) is 4.68 Å². The van der Waals surface area contributed by atoms with Gasteiger partial charge in [-0.25, -0.2) is 9.67 Å². The van der Waals surface area contributed by atoms with Gasteiger partial charge >= 0.3 is 0 Å². The molecule has 0 amide bonds. The van der Waals surface area contributed by atoms with Crippen LogP contribution in [0, 0.1) is 3.57 Å². The van der Waals surface area contributed by atoms with Gasteiger partial charge in [-0.2, -0.15) is 5.10 Å². The van der Waals surface area contributed by atoms with Gasteiger partial charge in [0.25, 0.3) is 0 Å². The van der Waals surface area contributed by atoms with Gasteiger partial charge in [0.15, 0.2) is 5.78 Å². The first kappa shape index (κ1) is 13.2. The average molecular weight is 355 g/mol. The number of benzene rings is 1. The first-order chi connectivity index (χ1) is 8.58. The molecule has 1 aromatic heterocycles. The first-order valence-electron chi connectivity index (χ1n) is 5.75. The highest BCUT2D eigenvalue weighted by Gasteiger charge is 2.13.